The van der Waals surface area contributed by atoms with Crippen molar-refractivity contribution in [3.8, 4) is 11.8 Å². The van der Waals surface area contributed by atoms with Crippen molar-refractivity contribution in [3.05, 3.63) is 71.0 Å². The summed E-state index contributed by atoms with van der Waals surface area (Å²) in [6.45, 7) is 3.81. The van der Waals surface area contributed by atoms with Crippen LogP contribution in [0.5, 0.6) is 0 Å². The van der Waals surface area contributed by atoms with Crippen LogP contribution in [-0.4, -0.2) is 23.9 Å². The molecule has 110 valence electrons. The van der Waals surface area contributed by atoms with Crippen molar-refractivity contribution in [2.75, 3.05) is 13.1 Å². The second-order valence-electron chi connectivity index (χ2n) is 5.65. The first-order chi connectivity index (χ1) is 10.6. The standard InChI is InChI=1S/C19H16FNO/c1-14-12-21(13-14)19(22)17-8-4-15(5-9-17)2-3-16-6-10-18(20)11-7-16/h4-11,14H,12-13H2,1H3. The number of halogens is 1. The maximum Gasteiger partial charge on any atom is 0.253 e. The molecule has 3 heteroatoms. The molecule has 0 spiro atoms. The van der Waals surface area contributed by atoms with Gasteiger partial charge in [0.1, 0.15) is 5.82 Å². The third-order valence-electron chi connectivity index (χ3n) is 3.68. The summed E-state index contributed by atoms with van der Waals surface area (Å²) in [5, 5.41) is 0. The largest absolute Gasteiger partial charge is 0.338 e. The molecule has 1 heterocycles. The molecule has 3 rings (SSSR count). The van der Waals surface area contributed by atoms with E-state index in [0.29, 0.717) is 11.5 Å². The summed E-state index contributed by atoms with van der Waals surface area (Å²) < 4.78 is 12.8. The second kappa shape index (κ2) is 6.03. The summed E-state index contributed by atoms with van der Waals surface area (Å²) in [4.78, 5) is 14.0. The van der Waals surface area contributed by atoms with Crippen LogP contribution in [0.25, 0.3) is 0 Å². The average Bonchev–Trinajstić information content (AvgIpc) is 2.51. The molecule has 0 aromatic heterocycles. The molecule has 2 nitrogen and oxygen atoms in total. The van der Waals surface area contributed by atoms with Crippen molar-refractivity contribution in [1.82, 2.24) is 4.90 Å². The average molecular weight is 293 g/mol. The van der Waals surface area contributed by atoms with Crippen LogP contribution in [-0.2, 0) is 0 Å². The minimum atomic E-state index is -0.270. The summed E-state index contributed by atoms with van der Waals surface area (Å²) in [7, 11) is 0. The van der Waals surface area contributed by atoms with E-state index in [1.807, 2.05) is 17.0 Å². The molecule has 1 aliphatic heterocycles. The number of nitrogens with zero attached hydrogens (tertiary/aromatic N) is 1. The van der Waals surface area contributed by atoms with E-state index in [9.17, 15) is 9.18 Å². The highest BCUT2D eigenvalue weighted by Gasteiger charge is 2.27. The predicted octanol–water partition coefficient (Wildman–Crippen LogP) is 3.32. The molecule has 0 N–H and O–H groups in total. The molecule has 1 aliphatic rings. The molecule has 0 bridgehead atoms. The monoisotopic (exact) mass is 293 g/mol. The van der Waals surface area contributed by atoms with Crippen molar-refractivity contribution in [3.63, 3.8) is 0 Å². The van der Waals surface area contributed by atoms with E-state index in [-0.39, 0.29) is 11.7 Å². The van der Waals surface area contributed by atoms with Gasteiger partial charge in [-0.25, -0.2) is 4.39 Å². The first-order valence-electron chi connectivity index (χ1n) is 7.29. The summed E-state index contributed by atoms with van der Waals surface area (Å²) in [5.74, 6) is 6.40. The maximum atomic E-state index is 12.8. The van der Waals surface area contributed by atoms with Crippen molar-refractivity contribution in [2.24, 2.45) is 5.92 Å². The Hall–Kier alpha value is -2.60. The molecule has 0 atom stereocenters. The molecule has 0 unspecified atom stereocenters. The fourth-order valence-corrected chi connectivity index (χ4v) is 2.42. The molecule has 0 radical (unpaired) electrons. The van der Waals surface area contributed by atoms with Gasteiger partial charge in [0.2, 0.25) is 0 Å². The van der Waals surface area contributed by atoms with Crippen LogP contribution in [0.2, 0.25) is 0 Å². The molecule has 0 aliphatic carbocycles. The van der Waals surface area contributed by atoms with Crippen LogP contribution >= 0.6 is 0 Å². The Morgan fingerprint density at radius 3 is 2.00 bits per heavy atom. The molecule has 2 aromatic carbocycles. The number of carbonyl (C=O) groups is 1. The Balaban J connectivity index is 1.69. The molecule has 0 saturated carbocycles. The van der Waals surface area contributed by atoms with Gasteiger partial charge in [0, 0.05) is 29.8 Å². The Morgan fingerprint density at radius 1 is 1.00 bits per heavy atom. The summed E-state index contributed by atoms with van der Waals surface area (Å²) in [6, 6.07) is 13.4. The van der Waals surface area contributed by atoms with Gasteiger partial charge in [0.15, 0.2) is 0 Å². The topological polar surface area (TPSA) is 20.3 Å². The van der Waals surface area contributed by atoms with E-state index in [4.69, 9.17) is 0 Å². The maximum absolute atomic E-state index is 12.8. The number of hydrogen-bond acceptors (Lipinski definition) is 1. The van der Waals surface area contributed by atoms with E-state index >= 15 is 0 Å². The lowest BCUT2D eigenvalue weighted by Crippen LogP contribution is -2.48. The van der Waals surface area contributed by atoms with Gasteiger partial charge in [0.05, 0.1) is 0 Å². The first kappa shape index (κ1) is 14.3. The zero-order valence-electron chi connectivity index (χ0n) is 12.3. The van der Waals surface area contributed by atoms with E-state index in [1.165, 1.54) is 12.1 Å². The van der Waals surface area contributed by atoms with Gasteiger partial charge < -0.3 is 4.90 Å². The first-order valence-corrected chi connectivity index (χ1v) is 7.29. The lowest BCUT2D eigenvalue weighted by Gasteiger charge is -2.37. The number of hydrogen-bond donors (Lipinski definition) is 0. The third kappa shape index (κ3) is 3.17. The van der Waals surface area contributed by atoms with Crippen molar-refractivity contribution in [1.29, 1.82) is 0 Å². The summed E-state index contributed by atoms with van der Waals surface area (Å²) >= 11 is 0. The Kier molecular flexibility index (Phi) is 3.93. The third-order valence-corrected chi connectivity index (χ3v) is 3.68. The summed E-state index contributed by atoms with van der Waals surface area (Å²) in [6.07, 6.45) is 0. The lowest BCUT2D eigenvalue weighted by atomic mass is 10.0. The summed E-state index contributed by atoms with van der Waals surface area (Å²) in [5.41, 5.74) is 2.29. The van der Waals surface area contributed by atoms with Crippen molar-refractivity contribution in [2.45, 2.75) is 6.92 Å². The lowest BCUT2D eigenvalue weighted by molar-refractivity contribution is 0.0530. The molecule has 1 amide bonds. The van der Waals surface area contributed by atoms with Gasteiger partial charge in [0.25, 0.3) is 5.91 Å². The fourth-order valence-electron chi connectivity index (χ4n) is 2.42. The smallest absolute Gasteiger partial charge is 0.253 e. The number of likely N-dealkylation sites (tertiary alicyclic amines) is 1. The Labute approximate surface area is 129 Å². The minimum Gasteiger partial charge on any atom is -0.338 e. The normalized spacial score (nSPS) is 14.0. The van der Waals surface area contributed by atoms with Crippen LogP contribution < -0.4 is 0 Å². The highest BCUT2D eigenvalue weighted by molar-refractivity contribution is 5.94. The Morgan fingerprint density at radius 2 is 1.50 bits per heavy atom. The second-order valence-corrected chi connectivity index (χ2v) is 5.65. The van der Waals surface area contributed by atoms with E-state index in [2.05, 4.69) is 18.8 Å². The van der Waals surface area contributed by atoms with Crippen LogP contribution in [0.1, 0.15) is 28.4 Å². The molecular formula is C19H16FNO. The van der Waals surface area contributed by atoms with Crippen molar-refractivity contribution < 1.29 is 9.18 Å². The van der Waals surface area contributed by atoms with Gasteiger partial charge in [-0.1, -0.05) is 18.8 Å². The van der Waals surface area contributed by atoms with Gasteiger partial charge in [-0.15, -0.1) is 0 Å². The highest BCUT2D eigenvalue weighted by Crippen LogP contribution is 2.18. The van der Waals surface area contributed by atoms with Crippen LogP contribution in [0.4, 0.5) is 4.39 Å². The van der Waals surface area contributed by atoms with Crippen molar-refractivity contribution >= 4 is 5.91 Å². The van der Waals surface area contributed by atoms with Gasteiger partial charge in [-0.3, -0.25) is 4.79 Å². The van der Waals surface area contributed by atoms with E-state index < -0.39 is 0 Å². The number of amides is 1. The Bertz CT molecular complexity index is 732. The zero-order valence-corrected chi connectivity index (χ0v) is 12.3. The SMILES string of the molecule is CC1CN(C(=O)c2ccc(C#Cc3ccc(F)cc3)cc2)C1. The molecule has 1 saturated heterocycles. The fraction of sp³-hybridized carbons (Fsp3) is 0.211. The molecule has 22 heavy (non-hydrogen) atoms. The molecule has 1 fully saturated rings. The van der Waals surface area contributed by atoms with E-state index in [1.54, 1.807) is 24.3 Å². The van der Waals surface area contributed by atoms with Crippen LogP contribution in [0.3, 0.4) is 0 Å². The quantitative estimate of drug-likeness (QED) is 0.739. The molecule has 2 aromatic rings. The number of rotatable bonds is 1. The van der Waals surface area contributed by atoms with Gasteiger partial charge in [-0.05, 0) is 54.4 Å². The van der Waals surface area contributed by atoms with Gasteiger partial charge >= 0.3 is 0 Å². The predicted molar refractivity (Wildman–Crippen MR) is 83.9 cm³/mol. The number of carbonyl (C=O) groups excluding carboxylic acids is 1. The minimum absolute atomic E-state index is 0.0798. The molecular weight excluding hydrogens is 277 g/mol. The van der Waals surface area contributed by atoms with Crippen LogP contribution in [0, 0.1) is 23.6 Å². The number of benzene rings is 2. The van der Waals surface area contributed by atoms with Gasteiger partial charge in [-0.2, -0.15) is 0 Å². The van der Waals surface area contributed by atoms with E-state index in [0.717, 1.165) is 24.2 Å². The van der Waals surface area contributed by atoms with Crippen LogP contribution in [0.15, 0.2) is 48.5 Å². The highest BCUT2D eigenvalue weighted by atomic mass is 19.1. The zero-order chi connectivity index (χ0) is 15.5.